The molecule has 0 bridgehead atoms. The smallest absolute Gasteiger partial charge is 0.224 e. The molecular weight excluding hydrogens is 308 g/mol. The van der Waals surface area contributed by atoms with Crippen molar-refractivity contribution >= 4 is 33.0 Å². The second-order valence-electron chi connectivity index (χ2n) is 5.31. The lowest BCUT2D eigenvalue weighted by molar-refractivity contribution is -0.120. The van der Waals surface area contributed by atoms with E-state index in [9.17, 15) is 13.2 Å². The van der Waals surface area contributed by atoms with Crippen LogP contribution < -0.4 is 11.1 Å². The first-order valence-electron chi connectivity index (χ1n) is 6.71. The summed E-state index contributed by atoms with van der Waals surface area (Å²) in [5.41, 5.74) is 7.14. The second-order valence-corrected chi connectivity index (χ2v) is 7.98. The molecule has 21 heavy (non-hydrogen) atoms. The first kappa shape index (κ1) is 15.9. The zero-order valence-corrected chi connectivity index (χ0v) is 13.2. The van der Waals surface area contributed by atoms with Crippen LogP contribution >= 0.6 is 12.2 Å². The predicted octanol–water partition coefficient (Wildman–Crippen LogP) is 0.414. The standard InChI is InChI=1S/C14H18N2O3S2/c15-14(20)12-3-1-10(2-4-12)7-13(17)16-8-11-5-6-21(18,19)9-11/h1-4,11H,5-9H2,(H2,15,20)(H,16,17). The summed E-state index contributed by atoms with van der Waals surface area (Å²) in [6, 6.07) is 7.20. The Bertz CT molecular complexity index is 639. The molecule has 0 aliphatic carbocycles. The van der Waals surface area contributed by atoms with Crippen molar-refractivity contribution in [2.24, 2.45) is 11.7 Å². The SMILES string of the molecule is NC(=S)c1ccc(CC(=O)NCC2CCS(=O)(=O)C2)cc1. The maximum atomic E-state index is 11.8. The van der Waals surface area contributed by atoms with Crippen LogP contribution in [0.2, 0.25) is 0 Å². The summed E-state index contributed by atoms with van der Waals surface area (Å²) in [4.78, 5) is 12.2. The monoisotopic (exact) mass is 326 g/mol. The van der Waals surface area contributed by atoms with Crippen LogP contribution in [0.25, 0.3) is 0 Å². The van der Waals surface area contributed by atoms with Crippen LogP contribution in [-0.2, 0) is 21.1 Å². The van der Waals surface area contributed by atoms with Crippen LogP contribution in [0.4, 0.5) is 0 Å². The Morgan fingerprint density at radius 1 is 1.33 bits per heavy atom. The number of hydrogen-bond donors (Lipinski definition) is 2. The molecule has 1 unspecified atom stereocenters. The third-order valence-corrected chi connectivity index (χ3v) is 5.59. The Labute approximate surface area is 129 Å². The maximum absolute atomic E-state index is 11.8. The van der Waals surface area contributed by atoms with Crippen molar-refractivity contribution in [3.63, 3.8) is 0 Å². The predicted molar refractivity (Wildman–Crippen MR) is 85.8 cm³/mol. The molecule has 0 aromatic heterocycles. The number of carbonyl (C=O) groups excluding carboxylic acids is 1. The van der Waals surface area contributed by atoms with Crippen molar-refractivity contribution in [3.8, 4) is 0 Å². The van der Waals surface area contributed by atoms with Gasteiger partial charge < -0.3 is 11.1 Å². The largest absolute Gasteiger partial charge is 0.389 e. The third-order valence-electron chi connectivity index (χ3n) is 3.52. The maximum Gasteiger partial charge on any atom is 0.224 e. The van der Waals surface area contributed by atoms with Crippen LogP contribution in [0.3, 0.4) is 0 Å². The lowest BCUT2D eigenvalue weighted by Crippen LogP contribution is -2.31. The number of nitrogens with two attached hydrogens (primary N) is 1. The van der Waals surface area contributed by atoms with Crippen molar-refractivity contribution in [2.75, 3.05) is 18.1 Å². The zero-order chi connectivity index (χ0) is 15.5. The van der Waals surface area contributed by atoms with E-state index in [2.05, 4.69) is 5.32 Å². The molecule has 1 aromatic rings. The van der Waals surface area contributed by atoms with Gasteiger partial charge in [-0.25, -0.2) is 8.42 Å². The molecule has 1 amide bonds. The quantitative estimate of drug-likeness (QED) is 0.765. The van der Waals surface area contributed by atoms with E-state index >= 15 is 0 Å². The highest BCUT2D eigenvalue weighted by Crippen LogP contribution is 2.17. The second kappa shape index (κ2) is 6.53. The van der Waals surface area contributed by atoms with E-state index in [1.165, 1.54) is 0 Å². The van der Waals surface area contributed by atoms with Gasteiger partial charge in [-0.1, -0.05) is 36.5 Å². The van der Waals surface area contributed by atoms with Crippen molar-refractivity contribution < 1.29 is 13.2 Å². The summed E-state index contributed by atoms with van der Waals surface area (Å²) in [5.74, 6) is 0.336. The number of rotatable bonds is 5. The molecule has 0 saturated carbocycles. The summed E-state index contributed by atoms with van der Waals surface area (Å²) in [6.45, 7) is 0.420. The molecular formula is C14H18N2O3S2. The highest BCUT2D eigenvalue weighted by atomic mass is 32.2. The van der Waals surface area contributed by atoms with Crippen molar-refractivity contribution in [3.05, 3.63) is 35.4 Å². The van der Waals surface area contributed by atoms with Gasteiger partial charge in [-0.2, -0.15) is 0 Å². The van der Waals surface area contributed by atoms with Crippen molar-refractivity contribution in [1.29, 1.82) is 0 Å². The van der Waals surface area contributed by atoms with Gasteiger partial charge in [0.2, 0.25) is 5.91 Å². The van der Waals surface area contributed by atoms with Crippen LogP contribution in [0.1, 0.15) is 17.5 Å². The van der Waals surface area contributed by atoms with Gasteiger partial charge in [0.15, 0.2) is 9.84 Å². The van der Waals surface area contributed by atoms with E-state index in [-0.39, 0.29) is 29.8 Å². The number of carbonyl (C=O) groups is 1. The van der Waals surface area contributed by atoms with Gasteiger partial charge >= 0.3 is 0 Å². The summed E-state index contributed by atoms with van der Waals surface area (Å²) < 4.78 is 22.7. The molecule has 3 N–H and O–H groups in total. The normalized spacial score (nSPS) is 20.1. The Morgan fingerprint density at radius 3 is 2.52 bits per heavy atom. The Balaban J connectivity index is 1.81. The van der Waals surface area contributed by atoms with E-state index in [1.54, 1.807) is 12.1 Å². The molecule has 7 heteroatoms. The summed E-state index contributed by atoms with van der Waals surface area (Å²) in [6.07, 6.45) is 0.891. The average Bonchev–Trinajstić information content (AvgIpc) is 2.77. The fourth-order valence-electron chi connectivity index (χ4n) is 2.33. The average molecular weight is 326 g/mol. The van der Waals surface area contributed by atoms with Gasteiger partial charge in [-0.05, 0) is 17.9 Å². The highest BCUT2D eigenvalue weighted by Gasteiger charge is 2.27. The highest BCUT2D eigenvalue weighted by molar-refractivity contribution is 7.91. The fourth-order valence-corrected chi connectivity index (χ4v) is 4.32. The molecule has 1 aromatic carbocycles. The molecule has 0 radical (unpaired) electrons. The number of benzene rings is 1. The van der Waals surface area contributed by atoms with Gasteiger partial charge in [-0.15, -0.1) is 0 Å². The molecule has 5 nitrogen and oxygen atoms in total. The van der Waals surface area contributed by atoms with Crippen LogP contribution in [0.15, 0.2) is 24.3 Å². The number of nitrogens with one attached hydrogen (secondary N) is 1. The molecule has 1 saturated heterocycles. The molecule has 1 aliphatic rings. The van der Waals surface area contributed by atoms with Gasteiger partial charge in [-0.3, -0.25) is 4.79 Å². The van der Waals surface area contributed by atoms with Gasteiger partial charge in [0, 0.05) is 12.1 Å². The Morgan fingerprint density at radius 2 is 2.00 bits per heavy atom. The van der Waals surface area contributed by atoms with Crippen LogP contribution in [0, 0.1) is 5.92 Å². The zero-order valence-electron chi connectivity index (χ0n) is 11.5. The minimum atomic E-state index is -2.89. The first-order valence-corrected chi connectivity index (χ1v) is 8.94. The van der Waals surface area contributed by atoms with E-state index < -0.39 is 9.84 Å². The van der Waals surface area contributed by atoms with E-state index in [4.69, 9.17) is 18.0 Å². The van der Waals surface area contributed by atoms with Gasteiger partial charge in [0.1, 0.15) is 4.99 Å². The van der Waals surface area contributed by atoms with E-state index in [0.29, 0.717) is 18.0 Å². The molecule has 0 spiro atoms. The molecule has 1 fully saturated rings. The number of sulfone groups is 1. The third kappa shape index (κ3) is 4.78. The van der Waals surface area contributed by atoms with Crippen LogP contribution in [0.5, 0.6) is 0 Å². The van der Waals surface area contributed by atoms with E-state index in [0.717, 1.165) is 11.1 Å². The number of hydrogen-bond acceptors (Lipinski definition) is 4. The Kier molecular flexibility index (Phi) is 4.95. The number of amides is 1. The minimum absolute atomic E-state index is 0.0379. The van der Waals surface area contributed by atoms with E-state index in [1.807, 2.05) is 12.1 Å². The first-order chi connectivity index (χ1) is 9.85. The minimum Gasteiger partial charge on any atom is -0.389 e. The number of thiocarbonyl (C=S) groups is 1. The fraction of sp³-hybridized carbons (Fsp3) is 0.429. The van der Waals surface area contributed by atoms with Gasteiger partial charge in [0.25, 0.3) is 0 Å². The molecule has 1 heterocycles. The van der Waals surface area contributed by atoms with Crippen molar-refractivity contribution in [2.45, 2.75) is 12.8 Å². The molecule has 1 atom stereocenters. The summed E-state index contributed by atoms with van der Waals surface area (Å²) in [5, 5.41) is 2.79. The lowest BCUT2D eigenvalue weighted by atomic mass is 10.1. The van der Waals surface area contributed by atoms with Crippen molar-refractivity contribution in [1.82, 2.24) is 5.32 Å². The Hall–Kier alpha value is -1.47. The molecule has 2 rings (SSSR count). The van der Waals surface area contributed by atoms with Gasteiger partial charge in [0.05, 0.1) is 17.9 Å². The lowest BCUT2D eigenvalue weighted by Gasteiger charge is -2.10. The molecule has 1 aliphatic heterocycles. The summed E-state index contributed by atoms with van der Waals surface area (Å²) >= 11 is 4.86. The topological polar surface area (TPSA) is 89.3 Å². The summed E-state index contributed by atoms with van der Waals surface area (Å²) in [7, 11) is -2.89. The van der Waals surface area contributed by atoms with Crippen LogP contribution in [-0.4, -0.2) is 37.4 Å². The molecule has 114 valence electrons.